The van der Waals surface area contributed by atoms with Crippen LogP contribution in [0.2, 0.25) is 17.3 Å². The molecule has 2 fully saturated rings. The monoisotopic (exact) mass is 366 g/mol. The number of carbonyl (C=O) groups is 1. The molecule has 2 aliphatic rings. The summed E-state index contributed by atoms with van der Waals surface area (Å²) in [5.41, 5.74) is 0.471. The number of rotatable bonds is 5. The predicted molar refractivity (Wildman–Crippen MR) is 98.6 cm³/mol. The number of allylic oxidation sites excluding steroid dienone is 1. The fourth-order valence-corrected chi connectivity index (χ4v) is 7.51. The Bertz CT molecular complexity index is 473. The van der Waals surface area contributed by atoms with Crippen LogP contribution in [0.5, 0.6) is 0 Å². The molecule has 2 heteroatoms. The molecule has 0 heterocycles. The quantitative estimate of drug-likeness (QED) is 0.557. The van der Waals surface area contributed by atoms with Crippen LogP contribution in [0.15, 0.2) is 11.0 Å². The second-order valence-electron chi connectivity index (χ2n) is 9.68. The third-order valence-electron chi connectivity index (χ3n) is 7.45. The molecule has 0 aromatic rings. The van der Waals surface area contributed by atoms with Gasteiger partial charge in [0.1, 0.15) is 0 Å². The minimum absolute atomic E-state index is 0.225. The summed E-state index contributed by atoms with van der Waals surface area (Å²) in [5.74, 6) is 9.49. The summed E-state index contributed by atoms with van der Waals surface area (Å²) in [7, 11) is 0. The van der Waals surface area contributed by atoms with Gasteiger partial charge < -0.3 is 0 Å². The van der Waals surface area contributed by atoms with E-state index in [0.29, 0.717) is 17.6 Å². The van der Waals surface area contributed by atoms with Crippen LogP contribution < -0.4 is 0 Å². The third kappa shape index (κ3) is 2.66. The first-order chi connectivity index (χ1) is 9.95. The molecular weight excluding hydrogens is 329 g/mol. The molecule has 2 rings (SSSR count). The van der Waals surface area contributed by atoms with Crippen molar-refractivity contribution in [3.8, 4) is 0 Å². The van der Waals surface area contributed by atoms with Gasteiger partial charge in [-0.15, -0.1) is 0 Å². The van der Waals surface area contributed by atoms with Gasteiger partial charge in [-0.25, -0.2) is 0 Å². The van der Waals surface area contributed by atoms with Gasteiger partial charge in [-0.3, -0.25) is 0 Å². The van der Waals surface area contributed by atoms with Gasteiger partial charge in [-0.05, 0) is 0 Å². The molecule has 0 N–H and O–H groups in total. The Hall–Kier alpha value is -0.0471. The Morgan fingerprint density at radius 1 is 1.36 bits per heavy atom. The van der Waals surface area contributed by atoms with Crippen molar-refractivity contribution in [3.05, 3.63) is 11.0 Å². The second kappa shape index (κ2) is 5.79. The van der Waals surface area contributed by atoms with Crippen LogP contribution in [0.1, 0.15) is 59.8 Å². The average Bonchev–Trinajstić information content (AvgIpc) is 2.76. The topological polar surface area (TPSA) is 17.1 Å². The second-order valence-corrected chi connectivity index (χ2v) is 20.6. The normalized spacial score (nSPS) is 38.6. The van der Waals surface area contributed by atoms with E-state index < -0.39 is 13.3 Å². The van der Waals surface area contributed by atoms with E-state index in [2.05, 4.69) is 51.5 Å². The summed E-state index contributed by atoms with van der Waals surface area (Å²) in [6.45, 7) is 13.8. The molecule has 0 bridgehead atoms. The zero-order valence-corrected chi connectivity index (χ0v) is 18.0. The number of hydrogen-bond acceptors (Lipinski definition) is 1. The fourth-order valence-electron chi connectivity index (χ4n) is 5.67. The molecule has 0 unspecified atom stereocenters. The number of fused-ring (bicyclic) bond motifs is 1. The maximum absolute atomic E-state index is 12.6. The Balaban J connectivity index is 2.28. The number of Topliss-reactive ketones (excluding diaryl/α,β-unsaturated/α-hetero) is 1. The van der Waals surface area contributed by atoms with E-state index in [0.717, 1.165) is 12.8 Å². The molecule has 2 aliphatic carbocycles. The summed E-state index contributed by atoms with van der Waals surface area (Å²) < 4.78 is 1.52. The van der Waals surface area contributed by atoms with Crippen molar-refractivity contribution in [2.45, 2.75) is 77.1 Å². The van der Waals surface area contributed by atoms with Crippen LogP contribution in [0.3, 0.4) is 0 Å². The van der Waals surface area contributed by atoms with Gasteiger partial charge in [0, 0.05) is 0 Å². The van der Waals surface area contributed by atoms with Crippen molar-refractivity contribution in [1.29, 1.82) is 0 Å². The number of hydrogen-bond donors (Lipinski definition) is 0. The minimum atomic E-state index is -1.76. The molecule has 0 aromatic heterocycles. The van der Waals surface area contributed by atoms with Crippen molar-refractivity contribution in [1.82, 2.24) is 0 Å². The molecule has 0 amide bonds. The molecule has 0 spiro atoms. The van der Waals surface area contributed by atoms with Gasteiger partial charge in [0.2, 0.25) is 0 Å². The SMILES string of the molecule is C=[C](CC[C@]12CC[C@H](C(C)C)[C@@]1(C)CC(=O)[C@H]2C)[Ge]([CH3])([CH3])[CH3]. The zero-order valence-electron chi connectivity index (χ0n) is 15.9. The van der Waals surface area contributed by atoms with Crippen molar-refractivity contribution < 1.29 is 4.79 Å². The molecule has 0 aromatic carbocycles. The molecule has 0 saturated heterocycles. The van der Waals surface area contributed by atoms with Crippen LogP contribution in [0.25, 0.3) is 0 Å². The summed E-state index contributed by atoms with van der Waals surface area (Å²) >= 11 is -1.76. The molecule has 4 atom stereocenters. The maximum atomic E-state index is 12.6. The molecule has 22 heavy (non-hydrogen) atoms. The van der Waals surface area contributed by atoms with E-state index in [4.69, 9.17) is 0 Å². The molecule has 126 valence electrons. The fraction of sp³-hybridized carbons (Fsp3) is 0.850. The van der Waals surface area contributed by atoms with Crippen molar-refractivity contribution in [2.75, 3.05) is 0 Å². The standard InChI is InChI=1S/C20H36GeO/c1-14(2)17-10-12-20(11-9-15(3)21(6,7)8)16(4)18(22)13-19(17,20)5/h14,16-17H,3,9-13H2,1-2,4-8H3/t16-,17-,19-,20-/m1/s1. The van der Waals surface area contributed by atoms with Crippen LogP contribution in [0, 0.1) is 28.6 Å². The van der Waals surface area contributed by atoms with Gasteiger partial charge >= 0.3 is 140 Å². The summed E-state index contributed by atoms with van der Waals surface area (Å²) in [4.78, 5) is 12.6. The van der Waals surface area contributed by atoms with Crippen molar-refractivity contribution >= 4 is 19.0 Å². The Morgan fingerprint density at radius 2 is 1.95 bits per heavy atom. The molecule has 0 radical (unpaired) electrons. The van der Waals surface area contributed by atoms with Crippen LogP contribution in [-0.2, 0) is 4.79 Å². The summed E-state index contributed by atoms with van der Waals surface area (Å²) in [6, 6.07) is 0. The van der Waals surface area contributed by atoms with Crippen LogP contribution in [-0.4, -0.2) is 19.0 Å². The Labute approximate surface area is 140 Å². The Kier molecular flexibility index (Phi) is 4.82. The van der Waals surface area contributed by atoms with Crippen molar-refractivity contribution in [3.63, 3.8) is 0 Å². The zero-order chi connectivity index (χ0) is 16.9. The van der Waals surface area contributed by atoms with Crippen molar-refractivity contribution in [2.24, 2.45) is 28.6 Å². The van der Waals surface area contributed by atoms with E-state index >= 15 is 0 Å². The van der Waals surface area contributed by atoms with Gasteiger partial charge in [0.25, 0.3) is 0 Å². The van der Waals surface area contributed by atoms with E-state index in [9.17, 15) is 4.79 Å². The molecule has 2 saturated carbocycles. The van der Waals surface area contributed by atoms with Gasteiger partial charge in [-0.2, -0.15) is 0 Å². The van der Waals surface area contributed by atoms with E-state index in [1.165, 1.54) is 23.7 Å². The summed E-state index contributed by atoms with van der Waals surface area (Å²) in [6.07, 6.45) is 5.74. The third-order valence-corrected chi connectivity index (χ3v) is 12.4. The van der Waals surface area contributed by atoms with E-state index in [-0.39, 0.29) is 16.7 Å². The first kappa shape index (κ1) is 18.3. The van der Waals surface area contributed by atoms with E-state index in [1.807, 2.05) is 0 Å². The van der Waals surface area contributed by atoms with E-state index in [1.54, 1.807) is 0 Å². The molecular formula is C20H36GeO. The van der Waals surface area contributed by atoms with Gasteiger partial charge in [0.15, 0.2) is 0 Å². The van der Waals surface area contributed by atoms with Gasteiger partial charge in [-0.1, -0.05) is 0 Å². The Morgan fingerprint density at radius 3 is 2.45 bits per heavy atom. The average molecular weight is 365 g/mol. The first-order valence-electron chi connectivity index (χ1n) is 9.17. The molecule has 1 nitrogen and oxygen atoms in total. The number of ketones is 1. The van der Waals surface area contributed by atoms with Crippen LogP contribution in [0.4, 0.5) is 0 Å². The molecule has 0 aliphatic heterocycles. The van der Waals surface area contributed by atoms with Crippen LogP contribution >= 0.6 is 0 Å². The summed E-state index contributed by atoms with van der Waals surface area (Å²) in [5, 5.41) is 0. The van der Waals surface area contributed by atoms with Gasteiger partial charge in [0.05, 0.1) is 0 Å². The first-order valence-corrected chi connectivity index (χ1v) is 16.5. The number of carbonyl (C=O) groups excluding carboxylic acids is 1. The predicted octanol–water partition coefficient (Wildman–Crippen LogP) is 5.87.